The third-order valence-corrected chi connectivity index (χ3v) is 9.65. The molecule has 38 heavy (non-hydrogen) atoms. The molecule has 1 fully saturated rings. The largest absolute Gasteiger partial charge is 0.478 e. The molecule has 0 spiro atoms. The molecule has 1 aliphatic heterocycles. The smallest absolute Gasteiger partial charge is 0.416 e. The zero-order valence-corrected chi connectivity index (χ0v) is 23.0. The first kappa shape index (κ1) is 28.1. The average molecular weight is 632 g/mol. The minimum absolute atomic E-state index is 0.0468. The quantitative estimate of drug-likeness (QED) is 0.382. The average Bonchev–Trinajstić information content (AvgIpc) is 3.27. The van der Waals surface area contributed by atoms with E-state index in [2.05, 4.69) is 21.2 Å². The summed E-state index contributed by atoms with van der Waals surface area (Å²) in [5, 5.41) is 11.9. The fraction of sp³-hybridized carbons (Fsp3) is 0.250. The van der Waals surface area contributed by atoms with Gasteiger partial charge >= 0.3 is 12.1 Å². The lowest BCUT2D eigenvalue weighted by Gasteiger charge is -2.35. The van der Waals surface area contributed by atoms with Crippen molar-refractivity contribution in [2.75, 3.05) is 36.4 Å². The lowest BCUT2D eigenvalue weighted by Crippen LogP contribution is -2.48. The molecule has 1 aromatic heterocycles. The normalized spacial score (nSPS) is 14.9. The Morgan fingerprint density at radius 1 is 1.05 bits per heavy atom. The molecule has 2 N–H and O–H groups in total. The van der Waals surface area contributed by atoms with E-state index in [-0.39, 0.29) is 47.2 Å². The Morgan fingerprint density at radius 3 is 2.37 bits per heavy atom. The number of nitrogens with zero attached hydrogens (tertiary/aromatic N) is 2. The van der Waals surface area contributed by atoms with Crippen molar-refractivity contribution >= 4 is 60.5 Å². The predicted molar refractivity (Wildman–Crippen MR) is 141 cm³/mol. The van der Waals surface area contributed by atoms with E-state index < -0.39 is 33.6 Å². The molecule has 3 aromatic rings. The van der Waals surface area contributed by atoms with Gasteiger partial charge < -0.3 is 15.3 Å². The van der Waals surface area contributed by atoms with Crippen LogP contribution in [-0.2, 0) is 16.2 Å². The van der Waals surface area contributed by atoms with Crippen LogP contribution in [-0.4, -0.2) is 55.9 Å². The van der Waals surface area contributed by atoms with Gasteiger partial charge in [0.1, 0.15) is 0 Å². The van der Waals surface area contributed by atoms with Crippen LogP contribution in [0.4, 0.5) is 24.5 Å². The highest BCUT2D eigenvalue weighted by atomic mass is 79.9. The summed E-state index contributed by atoms with van der Waals surface area (Å²) < 4.78 is 67.7. The van der Waals surface area contributed by atoms with Crippen molar-refractivity contribution in [1.82, 2.24) is 4.31 Å². The molecule has 8 nitrogen and oxygen atoms in total. The number of carboxylic acids is 1. The third-order valence-electron chi connectivity index (χ3n) is 5.95. The number of halogens is 4. The van der Waals surface area contributed by atoms with E-state index in [9.17, 15) is 36.3 Å². The molecule has 2 aromatic carbocycles. The molecule has 1 aliphatic rings. The van der Waals surface area contributed by atoms with Crippen LogP contribution in [0, 0.1) is 6.92 Å². The number of alkyl halides is 3. The van der Waals surface area contributed by atoms with Gasteiger partial charge in [0.2, 0.25) is 10.0 Å². The Balaban J connectivity index is 1.48. The maximum Gasteiger partial charge on any atom is 0.416 e. The molecule has 14 heteroatoms. The number of hydrogen-bond donors (Lipinski definition) is 2. The van der Waals surface area contributed by atoms with Gasteiger partial charge in [-0.05, 0) is 49.4 Å². The van der Waals surface area contributed by atoms with Gasteiger partial charge in [-0.3, -0.25) is 4.79 Å². The summed E-state index contributed by atoms with van der Waals surface area (Å²) >= 11 is 4.14. The maximum atomic E-state index is 13.4. The standard InChI is InChI=1S/C24H21BrF3N3O5S2/c1-14-21(13-20(37-14)22(32)29-19-6-5-16(25)12-18(19)23(33)34)38(35,36)31-9-7-30(8-10-31)17-4-2-3-15(11-17)24(26,27)28/h2-6,11-13H,7-10H2,1H3,(H,29,32)(H,33,34). The molecule has 0 unspecified atom stereocenters. The van der Waals surface area contributed by atoms with E-state index in [0.717, 1.165) is 23.5 Å². The van der Waals surface area contributed by atoms with Crippen molar-refractivity contribution in [2.24, 2.45) is 0 Å². The van der Waals surface area contributed by atoms with Crippen molar-refractivity contribution in [3.63, 3.8) is 0 Å². The van der Waals surface area contributed by atoms with E-state index in [1.807, 2.05) is 0 Å². The number of anilines is 2. The predicted octanol–water partition coefficient (Wildman–Crippen LogP) is 5.30. The monoisotopic (exact) mass is 631 g/mol. The number of carbonyl (C=O) groups is 2. The molecule has 1 saturated heterocycles. The van der Waals surface area contributed by atoms with Gasteiger partial charge in [-0.15, -0.1) is 11.3 Å². The molecular formula is C24H21BrF3N3O5S2. The number of piperazine rings is 1. The van der Waals surface area contributed by atoms with Crippen molar-refractivity contribution in [1.29, 1.82) is 0 Å². The van der Waals surface area contributed by atoms with Crippen LogP contribution in [0.3, 0.4) is 0 Å². The van der Waals surface area contributed by atoms with Crippen LogP contribution in [0.15, 0.2) is 57.9 Å². The van der Waals surface area contributed by atoms with E-state index in [0.29, 0.717) is 15.0 Å². The van der Waals surface area contributed by atoms with E-state index >= 15 is 0 Å². The topological polar surface area (TPSA) is 107 Å². The number of thiophene rings is 1. The van der Waals surface area contributed by atoms with E-state index in [1.54, 1.807) is 24.0 Å². The molecule has 2 heterocycles. The molecule has 1 amide bonds. The number of carboxylic acid groups (broad SMARTS) is 1. The fourth-order valence-corrected chi connectivity index (χ4v) is 7.26. The van der Waals surface area contributed by atoms with Gasteiger partial charge in [0.05, 0.1) is 26.6 Å². The number of amides is 1. The Morgan fingerprint density at radius 2 is 1.74 bits per heavy atom. The van der Waals surface area contributed by atoms with Crippen molar-refractivity contribution in [3.8, 4) is 0 Å². The highest BCUT2D eigenvalue weighted by Crippen LogP contribution is 2.33. The van der Waals surface area contributed by atoms with Crippen LogP contribution < -0.4 is 10.2 Å². The van der Waals surface area contributed by atoms with Gasteiger partial charge in [-0.1, -0.05) is 22.0 Å². The van der Waals surface area contributed by atoms with Gasteiger partial charge in [0, 0.05) is 41.2 Å². The summed E-state index contributed by atoms with van der Waals surface area (Å²) in [7, 11) is -3.99. The Hall–Kier alpha value is -2.94. The lowest BCUT2D eigenvalue weighted by molar-refractivity contribution is -0.137. The second-order valence-corrected chi connectivity index (χ2v) is 12.5. The Bertz CT molecular complexity index is 1500. The maximum absolute atomic E-state index is 13.4. The number of rotatable bonds is 6. The SMILES string of the molecule is Cc1sc(C(=O)Nc2ccc(Br)cc2C(=O)O)cc1S(=O)(=O)N1CCN(c2cccc(C(F)(F)F)c2)CC1. The number of hydrogen-bond acceptors (Lipinski definition) is 6. The van der Waals surface area contributed by atoms with Crippen molar-refractivity contribution in [2.45, 2.75) is 18.0 Å². The van der Waals surface area contributed by atoms with Crippen LogP contribution in [0.2, 0.25) is 0 Å². The van der Waals surface area contributed by atoms with Crippen LogP contribution >= 0.6 is 27.3 Å². The molecular weight excluding hydrogens is 611 g/mol. The van der Waals surface area contributed by atoms with E-state index in [4.69, 9.17) is 0 Å². The molecule has 0 aliphatic carbocycles. The number of sulfonamides is 1. The zero-order chi connectivity index (χ0) is 27.8. The Kier molecular flexibility index (Phi) is 7.89. The van der Waals surface area contributed by atoms with Gasteiger partial charge in [0.25, 0.3) is 5.91 Å². The number of nitrogens with one attached hydrogen (secondary N) is 1. The van der Waals surface area contributed by atoms with Crippen molar-refractivity contribution in [3.05, 3.63) is 73.9 Å². The van der Waals surface area contributed by atoms with Crippen LogP contribution in [0.5, 0.6) is 0 Å². The highest BCUT2D eigenvalue weighted by Gasteiger charge is 2.34. The van der Waals surface area contributed by atoms with Crippen LogP contribution in [0.1, 0.15) is 30.5 Å². The summed E-state index contributed by atoms with van der Waals surface area (Å²) in [6.07, 6.45) is -4.48. The highest BCUT2D eigenvalue weighted by molar-refractivity contribution is 9.10. The van der Waals surface area contributed by atoms with E-state index in [1.165, 1.54) is 28.6 Å². The third kappa shape index (κ3) is 5.87. The molecule has 0 radical (unpaired) electrons. The first-order valence-corrected chi connectivity index (χ1v) is 14.2. The summed E-state index contributed by atoms with van der Waals surface area (Å²) in [5.74, 6) is -1.89. The van der Waals surface area contributed by atoms with Gasteiger partial charge in [0.15, 0.2) is 0 Å². The number of aromatic carboxylic acids is 1. The van der Waals surface area contributed by atoms with Crippen molar-refractivity contribution < 1.29 is 36.3 Å². The van der Waals surface area contributed by atoms with Gasteiger partial charge in [-0.25, -0.2) is 13.2 Å². The second kappa shape index (κ2) is 10.7. The number of carbonyl (C=O) groups excluding carboxylic acids is 1. The zero-order valence-electron chi connectivity index (χ0n) is 19.8. The molecule has 202 valence electrons. The van der Waals surface area contributed by atoms with Crippen LogP contribution in [0.25, 0.3) is 0 Å². The first-order chi connectivity index (χ1) is 17.8. The summed E-state index contributed by atoms with van der Waals surface area (Å²) in [6.45, 7) is 2.05. The van der Waals surface area contributed by atoms with Gasteiger partial charge in [-0.2, -0.15) is 17.5 Å². The lowest BCUT2D eigenvalue weighted by atomic mass is 10.1. The number of aryl methyl sites for hydroxylation is 1. The summed E-state index contributed by atoms with van der Waals surface area (Å²) in [4.78, 5) is 26.5. The Labute approximate surface area is 228 Å². The second-order valence-electron chi connectivity index (χ2n) is 8.42. The first-order valence-electron chi connectivity index (χ1n) is 11.1. The minimum Gasteiger partial charge on any atom is -0.478 e. The number of benzene rings is 2. The summed E-state index contributed by atoms with van der Waals surface area (Å²) in [5.41, 5.74) is -0.487. The molecule has 4 rings (SSSR count). The fourth-order valence-electron chi connectivity index (χ4n) is 4.02. The molecule has 0 saturated carbocycles. The summed E-state index contributed by atoms with van der Waals surface area (Å²) in [6, 6.07) is 10.5. The molecule has 0 atom stereocenters. The molecule has 0 bridgehead atoms. The minimum atomic E-state index is -4.48.